The Morgan fingerprint density at radius 1 is 1.43 bits per heavy atom. The zero-order valence-electron chi connectivity index (χ0n) is 8.50. The monoisotopic (exact) mass is 257 g/mol. The third kappa shape index (κ3) is 2.80. The van der Waals surface area contributed by atoms with Crippen molar-refractivity contribution < 1.29 is 5.11 Å². The molecule has 0 heterocycles. The predicted octanol–water partition coefficient (Wildman–Crippen LogP) is 2.48. The van der Waals surface area contributed by atoms with Gasteiger partial charge in [-0.2, -0.15) is 0 Å². The molecule has 1 rings (SSSR count). The van der Waals surface area contributed by atoms with Gasteiger partial charge in [-0.25, -0.2) is 0 Å². The van der Waals surface area contributed by atoms with Gasteiger partial charge in [-0.15, -0.1) is 0 Å². The van der Waals surface area contributed by atoms with Crippen molar-refractivity contribution in [3.63, 3.8) is 0 Å². The number of hydrogen-bond donors (Lipinski definition) is 2. The minimum Gasteiger partial charge on any atom is -0.387 e. The van der Waals surface area contributed by atoms with Crippen LogP contribution in [0.5, 0.6) is 0 Å². The van der Waals surface area contributed by atoms with Crippen LogP contribution in [0.1, 0.15) is 25.5 Å². The van der Waals surface area contributed by atoms with E-state index in [1.165, 1.54) is 0 Å². The van der Waals surface area contributed by atoms with Crippen molar-refractivity contribution in [1.29, 1.82) is 0 Å². The van der Waals surface area contributed by atoms with E-state index >= 15 is 0 Å². The Morgan fingerprint density at radius 3 is 2.64 bits per heavy atom. The van der Waals surface area contributed by atoms with Crippen molar-refractivity contribution >= 4 is 15.9 Å². The first-order chi connectivity index (χ1) is 6.66. The average molecular weight is 258 g/mol. The lowest BCUT2D eigenvalue weighted by atomic mass is 10.0. The highest BCUT2D eigenvalue weighted by Gasteiger charge is 2.16. The van der Waals surface area contributed by atoms with Crippen LogP contribution in [0, 0.1) is 0 Å². The molecule has 0 radical (unpaired) electrons. The van der Waals surface area contributed by atoms with Gasteiger partial charge in [0.25, 0.3) is 0 Å². The largest absolute Gasteiger partial charge is 0.387 e. The molecule has 1 aromatic carbocycles. The molecule has 78 valence electrons. The molecule has 0 saturated heterocycles. The standard InChI is InChI=1S/C11H16BrNO/c1-3-13-8(2)11(14)9-6-4-5-7-10(9)12/h4-8,11,13-14H,3H2,1-2H3. The quantitative estimate of drug-likeness (QED) is 0.869. The Bertz CT molecular complexity index is 290. The van der Waals surface area contributed by atoms with Gasteiger partial charge < -0.3 is 10.4 Å². The van der Waals surface area contributed by atoms with Crippen LogP contribution in [-0.4, -0.2) is 17.7 Å². The molecule has 14 heavy (non-hydrogen) atoms. The highest BCUT2D eigenvalue weighted by molar-refractivity contribution is 9.10. The van der Waals surface area contributed by atoms with Gasteiger partial charge >= 0.3 is 0 Å². The molecule has 0 aliphatic rings. The second-order valence-corrected chi connectivity index (χ2v) is 4.17. The lowest BCUT2D eigenvalue weighted by molar-refractivity contribution is 0.136. The first kappa shape index (κ1) is 11.7. The number of halogens is 1. The van der Waals surface area contributed by atoms with Gasteiger partial charge in [0.1, 0.15) is 0 Å². The molecule has 2 atom stereocenters. The Morgan fingerprint density at radius 2 is 2.07 bits per heavy atom. The van der Waals surface area contributed by atoms with E-state index < -0.39 is 6.10 Å². The summed E-state index contributed by atoms with van der Waals surface area (Å²) in [4.78, 5) is 0. The average Bonchev–Trinajstić information content (AvgIpc) is 2.18. The number of hydrogen-bond acceptors (Lipinski definition) is 2. The van der Waals surface area contributed by atoms with Crippen LogP contribution < -0.4 is 5.32 Å². The fourth-order valence-electron chi connectivity index (χ4n) is 1.42. The number of aliphatic hydroxyl groups excluding tert-OH is 1. The maximum atomic E-state index is 10.0. The highest BCUT2D eigenvalue weighted by Crippen LogP contribution is 2.25. The normalized spacial score (nSPS) is 15.1. The van der Waals surface area contributed by atoms with Crippen molar-refractivity contribution in [2.75, 3.05) is 6.54 Å². The van der Waals surface area contributed by atoms with Crippen molar-refractivity contribution in [3.05, 3.63) is 34.3 Å². The maximum absolute atomic E-state index is 10.0. The molecule has 0 amide bonds. The van der Waals surface area contributed by atoms with E-state index in [4.69, 9.17) is 0 Å². The topological polar surface area (TPSA) is 32.3 Å². The highest BCUT2D eigenvalue weighted by atomic mass is 79.9. The second kappa shape index (κ2) is 5.49. The molecule has 1 aromatic rings. The molecular formula is C11H16BrNO. The number of aliphatic hydroxyl groups is 1. The molecule has 0 fully saturated rings. The molecule has 2 unspecified atom stereocenters. The minimum atomic E-state index is -0.467. The first-order valence-electron chi connectivity index (χ1n) is 4.82. The van der Waals surface area contributed by atoms with Crippen LogP contribution in [-0.2, 0) is 0 Å². The molecule has 3 heteroatoms. The Hall–Kier alpha value is -0.380. The number of rotatable bonds is 4. The van der Waals surface area contributed by atoms with Gasteiger partial charge in [0.15, 0.2) is 0 Å². The van der Waals surface area contributed by atoms with Crippen LogP contribution >= 0.6 is 15.9 Å². The summed E-state index contributed by atoms with van der Waals surface area (Å²) >= 11 is 3.43. The molecule has 2 nitrogen and oxygen atoms in total. The number of likely N-dealkylation sites (N-methyl/N-ethyl adjacent to an activating group) is 1. The van der Waals surface area contributed by atoms with Gasteiger partial charge in [0.05, 0.1) is 6.10 Å². The molecule has 0 saturated carbocycles. The summed E-state index contributed by atoms with van der Waals surface area (Å²) in [5.41, 5.74) is 0.931. The Labute approximate surface area is 93.5 Å². The molecule has 0 bridgehead atoms. The maximum Gasteiger partial charge on any atom is 0.0951 e. The van der Waals surface area contributed by atoms with Gasteiger partial charge in [0.2, 0.25) is 0 Å². The van der Waals surface area contributed by atoms with E-state index in [0.29, 0.717) is 0 Å². The van der Waals surface area contributed by atoms with Crippen LogP contribution in [0.2, 0.25) is 0 Å². The fourth-order valence-corrected chi connectivity index (χ4v) is 1.94. The molecule has 0 aliphatic carbocycles. The van der Waals surface area contributed by atoms with E-state index in [1.54, 1.807) is 0 Å². The van der Waals surface area contributed by atoms with E-state index in [1.807, 2.05) is 38.1 Å². The SMILES string of the molecule is CCNC(C)C(O)c1ccccc1Br. The molecular weight excluding hydrogens is 242 g/mol. The number of benzene rings is 1. The van der Waals surface area contributed by atoms with Crippen LogP contribution in [0.25, 0.3) is 0 Å². The van der Waals surface area contributed by atoms with Gasteiger partial charge in [-0.1, -0.05) is 41.1 Å². The molecule has 0 spiro atoms. The van der Waals surface area contributed by atoms with Crippen molar-refractivity contribution in [2.45, 2.75) is 26.0 Å². The van der Waals surface area contributed by atoms with Gasteiger partial charge in [-0.3, -0.25) is 0 Å². The van der Waals surface area contributed by atoms with E-state index in [-0.39, 0.29) is 6.04 Å². The second-order valence-electron chi connectivity index (χ2n) is 3.31. The number of nitrogens with one attached hydrogen (secondary N) is 1. The van der Waals surface area contributed by atoms with Gasteiger partial charge in [0, 0.05) is 10.5 Å². The summed E-state index contributed by atoms with van der Waals surface area (Å²) in [7, 11) is 0. The summed E-state index contributed by atoms with van der Waals surface area (Å²) < 4.78 is 0.956. The first-order valence-corrected chi connectivity index (χ1v) is 5.62. The third-order valence-corrected chi connectivity index (χ3v) is 2.95. The van der Waals surface area contributed by atoms with Crippen molar-refractivity contribution in [2.24, 2.45) is 0 Å². The molecule has 0 aromatic heterocycles. The molecule has 0 aliphatic heterocycles. The van der Waals surface area contributed by atoms with Crippen LogP contribution in [0.4, 0.5) is 0 Å². The smallest absolute Gasteiger partial charge is 0.0951 e. The van der Waals surface area contributed by atoms with E-state index in [0.717, 1.165) is 16.6 Å². The predicted molar refractivity (Wildman–Crippen MR) is 62.2 cm³/mol. The van der Waals surface area contributed by atoms with Crippen molar-refractivity contribution in [1.82, 2.24) is 5.32 Å². The lowest BCUT2D eigenvalue weighted by Gasteiger charge is -2.20. The van der Waals surface area contributed by atoms with Crippen LogP contribution in [0.3, 0.4) is 0 Å². The Balaban J connectivity index is 2.78. The molecule has 2 N–H and O–H groups in total. The summed E-state index contributed by atoms with van der Waals surface area (Å²) in [6.45, 7) is 4.87. The van der Waals surface area contributed by atoms with E-state index in [2.05, 4.69) is 21.2 Å². The van der Waals surface area contributed by atoms with Crippen LogP contribution in [0.15, 0.2) is 28.7 Å². The summed E-state index contributed by atoms with van der Waals surface area (Å²) in [5, 5.41) is 13.2. The summed E-state index contributed by atoms with van der Waals surface area (Å²) in [6.07, 6.45) is -0.467. The summed E-state index contributed by atoms with van der Waals surface area (Å²) in [5.74, 6) is 0. The zero-order chi connectivity index (χ0) is 10.6. The Kier molecular flexibility index (Phi) is 4.58. The van der Waals surface area contributed by atoms with Crippen molar-refractivity contribution in [3.8, 4) is 0 Å². The minimum absolute atomic E-state index is 0.0682. The van der Waals surface area contributed by atoms with Gasteiger partial charge in [-0.05, 0) is 25.1 Å². The van der Waals surface area contributed by atoms with E-state index in [9.17, 15) is 5.11 Å². The summed E-state index contributed by atoms with van der Waals surface area (Å²) in [6, 6.07) is 7.82. The zero-order valence-corrected chi connectivity index (χ0v) is 10.1. The lowest BCUT2D eigenvalue weighted by Crippen LogP contribution is -2.32. The third-order valence-electron chi connectivity index (χ3n) is 2.22. The fraction of sp³-hybridized carbons (Fsp3) is 0.455.